The average molecular weight is 824 g/mol. The zero-order chi connectivity index (χ0) is 44.1. The van der Waals surface area contributed by atoms with Crippen molar-refractivity contribution in [2.75, 3.05) is 9.71 Å². The first-order valence-corrected chi connectivity index (χ1v) is 22.8. The number of benzene rings is 7. The van der Waals surface area contributed by atoms with E-state index in [1.807, 2.05) is 0 Å². The van der Waals surface area contributed by atoms with Crippen LogP contribution in [0.4, 0.5) is 28.4 Å². The Bertz CT molecular complexity index is 3180. The summed E-state index contributed by atoms with van der Waals surface area (Å²) in [5, 5.41) is 2.48. The first-order chi connectivity index (χ1) is 29.8. The highest BCUT2D eigenvalue weighted by Crippen LogP contribution is 2.59. The maximum Gasteiger partial charge on any atom is 0.333 e. The largest absolute Gasteiger partial charge is 0.453 e. The standard InChI is InChI=1S/C58H58BN3O/c1-55(2,3)35-22-26-40(27-23-35)61-46-31-36(56(4,5)6)24-28-43(46)59-53-42(30-38(32-48(53)61)58(10,11)12)52-51-41-20-16-17-21-44(41)60(39-18-14-13-15-19-39)47(51)34-50-54(52)62(59)45-29-25-37(57(7,8)9)33-49(45)63-50/h13-34H,1-12H3. The molecule has 4 heterocycles. The van der Waals surface area contributed by atoms with Crippen molar-refractivity contribution >= 4 is 68.0 Å². The van der Waals surface area contributed by atoms with E-state index in [2.05, 4.69) is 231 Å². The van der Waals surface area contributed by atoms with E-state index in [-0.39, 0.29) is 28.5 Å². The van der Waals surface area contributed by atoms with E-state index in [0.29, 0.717) is 0 Å². The summed E-state index contributed by atoms with van der Waals surface area (Å²) in [7, 11) is 0. The Kier molecular flexibility index (Phi) is 8.29. The lowest BCUT2D eigenvalue weighted by atomic mass is 9.43. The van der Waals surface area contributed by atoms with Crippen molar-refractivity contribution in [1.82, 2.24) is 4.57 Å². The molecule has 1 aromatic heterocycles. The minimum Gasteiger partial charge on any atom is -0.453 e. The number of aromatic nitrogens is 1. The molecule has 4 nitrogen and oxygen atoms in total. The highest BCUT2D eigenvalue weighted by molar-refractivity contribution is 6.94. The van der Waals surface area contributed by atoms with Crippen molar-refractivity contribution in [3.05, 3.63) is 156 Å². The number of para-hydroxylation sites is 2. The summed E-state index contributed by atoms with van der Waals surface area (Å²) in [5.41, 5.74) is 19.4. The summed E-state index contributed by atoms with van der Waals surface area (Å²) >= 11 is 0. The van der Waals surface area contributed by atoms with Crippen LogP contribution in [-0.4, -0.2) is 11.4 Å². The predicted molar refractivity (Wildman–Crippen MR) is 269 cm³/mol. The molecule has 0 saturated carbocycles. The molecule has 0 saturated heterocycles. The Hall–Kier alpha value is -6.20. The summed E-state index contributed by atoms with van der Waals surface area (Å²) in [4.78, 5) is 5.24. The Morgan fingerprint density at radius 3 is 1.75 bits per heavy atom. The van der Waals surface area contributed by atoms with Gasteiger partial charge >= 0.3 is 6.85 Å². The molecule has 0 bridgehead atoms. The van der Waals surface area contributed by atoms with Crippen LogP contribution < -0.4 is 25.4 Å². The minimum absolute atomic E-state index is 0.0381. The van der Waals surface area contributed by atoms with Gasteiger partial charge in [0, 0.05) is 45.2 Å². The van der Waals surface area contributed by atoms with E-state index in [0.717, 1.165) is 34.1 Å². The molecular formula is C58H58BN3O. The van der Waals surface area contributed by atoms with Gasteiger partial charge in [0.15, 0.2) is 5.75 Å². The lowest BCUT2D eigenvalue weighted by Crippen LogP contribution is -2.62. The van der Waals surface area contributed by atoms with Crippen LogP contribution in [0.1, 0.15) is 105 Å². The summed E-state index contributed by atoms with van der Waals surface area (Å²) in [6.45, 7) is 27.7. The molecule has 0 N–H and O–H groups in total. The highest BCUT2D eigenvalue weighted by Gasteiger charge is 2.50. The van der Waals surface area contributed by atoms with Crippen molar-refractivity contribution in [2.45, 2.75) is 105 Å². The van der Waals surface area contributed by atoms with Crippen LogP contribution in [0.3, 0.4) is 0 Å². The molecule has 0 unspecified atom stereocenters. The van der Waals surface area contributed by atoms with E-state index in [9.17, 15) is 0 Å². The maximum absolute atomic E-state index is 7.32. The second-order valence-electron chi connectivity index (χ2n) is 22.4. The minimum atomic E-state index is -0.133. The zero-order valence-electron chi connectivity index (χ0n) is 39.0. The molecule has 0 fully saturated rings. The lowest BCUT2D eigenvalue weighted by Gasteiger charge is -2.48. The smallest absolute Gasteiger partial charge is 0.333 e. The zero-order valence-corrected chi connectivity index (χ0v) is 39.0. The molecule has 11 rings (SSSR count). The van der Waals surface area contributed by atoms with Gasteiger partial charge in [-0.3, -0.25) is 0 Å². The van der Waals surface area contributed by atoms with E-state index < -0.39 is 0 Å². The van der Waals surface area contributed by atoms with Crippen molar-refractivity contribution in [3.8, 4) is 28.3 Å². The Balaban J connectivity index is 1.33. The highest BCUT2D eigenvalue weighted by atomic mass is 16.5. The monoisotopic (exact) mass is 823 g/mol. The van der Waals surface area contributed by atoms with Crippen LogP contribution in [0.2, 0.25) is 0 Å². The molecule has 8 aromatic rings. The Morgan fingerprint density at radius 2 is 1.06 bits per heavy atom. The van der Waals surface area contributed by atoms with Crippen molar-refractivity contribution in [3.63, 3.8) is 0 Å². The molecule has 5 heteroatoms. The molecule has 0 radical (unpaired) electrons. The lowest BCUT2D eigenvalue weighted by molar-refractivity contribution is 0.475. The van der Waals surface area contributed by atoms with E-state index in [4.69, 9.17) is 4.74 Å². The number of fused-ring (bicyclic) bond motifs is 10. The van der Waals surface area contributed by atoms with Crippen LogP contribution in [0.5, 0.6) is 11.5 Å². The quantitative estimate of drug-likeness (QED) is 0.162. The van der Waals surface area contributed by atoms with Gasteiger partial charge in [-0.15, -0.1) is 0 Å². The summed E-state index contributed by atoms with van der Waals surface area (Å²) < 4.78 is 9.76. The van der Waals surface area contributed by atoms with Gasteiger partial charge in [0.2, 0.25) is 0 Å². The molecule has 63 heavy (non-hydrogen) atoms. The summed E-state index contributed by atoms with van der Waals surface area (Å²) in [6.07, 6.45) is 0. The maximum atomic E-state index is 7.32. The van der Waals surface area contributed by atoms with Gasteiger partial charge in [-0.1, -0.05) is 156 Å². The molecule has 0 aliphatic carbocycles. The molecular weight excluding hydrogens is 765 g/mol. The van der Waals surface area contributed by atoms with Gasteiger partial charge in [-0.25, -0.2) is 0 Å². The fourth-order valence-electron chi connectivity index (χ4n) is 10.4. The van der Waals surface area contributed by atoms with Gasteiger partial charge < -0.3 is 19.0 Å². The fourth-order valence-corrected chi connectivity index (χ4v) is 10.4. The van der Waals surface area contributed by atoms with E-state index in [1.54, 1.807) is 0 Å². The van der Waals surface area contributed by atoms with Crippen LogP contribution >= 0.6 is 0 Å². The van der Waals surface area contributed by atoms with Crippen LogP contribution in [0.15, 0.2) is 133 Å². The topological polar surface area (TPSA) is 20.6 Å². The fraction of sp³-hybridized carbons (Fsp3) is 0.276. The molecule has 314 valence electrons. The van der Waals surface area contributed by atoms with Gasteiger partial charge in [-0.2, -0.15) is 0 Å². The molecule has 0 atom stereocenters. The molecule has 7 aromatic carbocycles. The Labute approximate surface area is 374 Å². The van der Waals surface area contributed by atoms with Gasteiger partial charge in [0.05, 0.1) is 22.4 Å². The summed E-state index contributed by atoms with van der Waals surface area (Å²) in [6, 6.07) is 50.8. The SMILES string of the molecule is CC(C)(C)c1ccc(N2c3cc(C(C)(C)C)ccc3B3c4c(cc(C(C)(C)C)cc42)-c2c4c(cc5c2c2ccccc2n5-c2ccccc2)Oc2cc(C(C)(C)C)ccc2N34)cc1. The first-order valence-electron chi connectivity index (χ1n) is 22.8. The Morgan fingerprint density at radius 1 is 0.460 bits per heavy atom. The van der Waals surface area contributed by atoms with E-state index in [1.165, 1.54) is 77.7 Å². The van der Waals surface area contributed by atoms with Crippen molar-refractivity contribution < 1.29 is 4.74 Å². The number of hydrogen-bond donors (Lipinski definition) is 0. The van der Waals surface area contributed by atoms with Crippen molar-refractivity contribution in [2.24, 2.45) is 0 Å². The number of rotatable bonds is 2. The third-order valence-electron chi connectivity index (χ3n) is 13.9. The predicted octanol–water partition coefficient (Wildman–Crippen LogP) is 14.8. The molecule has 3 aliphatic heterocycles. The number of ether oxygens (including phenoxy) is 1. The normalized spacial score (nSPS) is 14.4. The third-order valence-corrected chi connectivity index (χ3v) is 13.9. The van der Waals surface area contributed by atoms with Crippen LogP contribution in [-0.2, 0) is 21.7 Å². The van der Waals surface area contributed by atoms with Gasteiger partial charge in [0.25, 0.3) is 0 Å². The van der Waals surface area contributed by atoms with Gasteiger partial charge in [-0.05, 0) is 115 Å². The molecule has 3 aliphatic rings. The van der Waals surface area contributed by atoms with Crippen LogP contribution in [0, 0.1) is 0 Å². The number of hydrogen-bond acceptors (Lipinski definition) is 3. The second kappa shape index (κ2) is 13.2. The van der Waals surface area contributed by atoms with Gasteiger partial charge in [0.1, 0.15) is 5.75 Å². The first kappa shape index (κ1) is 39.6. The number of nitrogens with zero attached hydrogens (tertiary/aromatic N) is 3. The second-order valence-corrected chi connectivity index (χ2v) is 22.4. The average Bonchev–Trinajstić information content (AvgIpc) is 3.56. The molecule has 0 amide bonds. The van der Waals surface area contributed by atoms with E-state index >= 15 is 0 Å². The number of anilines is 5. The third kappa shape index (κ3) is 5.95. The molecule has 0 spiro atoms. The summed E-state index contributed by atoms with van der Waals surface area (Å²) in [5.74, 6) is 1.78. The van der Waals surface area contributed by atoms with Crippen molar-refractivity contribution in [1.29, 1.82) is 0 Å². The van der Waals surface area contributed by atoms with Crippen LogP contribution in [0.25, 0.3) is 38.6 Å².